The number of rotatable bonds is 6. The maximum absolute atomic E-state index is 12.0. The lowest BCUT2D eigenvalue weighted by Crippen LogP contribution is -2.38. The van der Waals surface area contributed by atoms with Gasteiger partial charge in [0.25, 0.3) is 0 Å². The number of benzene rings is 2. The van der Waals surface area contributed by atoms with Gasteiger partial charge in [0.15, 0.2) is 0 Å². The highest BCUT2D eigenvalue weighted by molar-refractivity contribution is 5.91. The van der Waals surface area contributed by atoms with Crippen LogP contribution >= 0.6 is 0 Å². The molecule has 0 heterocycles. The average Bonchev–Trinajstić information content (AvgIpc) is 2.56. The quantitative estimate of drug-likeness (QED) is 0.804. The third-order valence-corrected chi connectivity index (χ3v) is 3.43. The number of amides is 2. The van der Waals surface area contributed by atoms with E-state index in [1.54, 1.807) is 31.3 Å². The van der Waals surface area contributed by atoms with Crippen LogP contribution in [0.2, 0.25) is 0 Å². The molecule has 0 aliphatic carbocycles. The minimum atomic E-state index is -0.189. The molecule has 0 radical (unpaired) electrons. The molecule has 0 atom stereocenters. The third-order valence-electron chi connectivity index (χ3n) is 3.43. The molecular weight excluding hydrogens is 292 g/mol. The lowest BCUT2D eigenvalue weighted by Gasteiger charge is -2.18. The first kappa shape index (κ1) is 16.7. The molecule has 2 aromatic carbocycles. The second kappa shape index (κ2) is 8.08. The van der Waals surface area contributed by atoms with E-state index in [-0.39, 0.29) is 11.8 Å². The van der Waals surface area contributed by atoms with Crippen molar-refractivity contribution in [1.29, 1.82) is 0 Å². The number of urea groups is 1. The van der Waals surface area contributed by atoms with Crippen LogP contribution in [0.1, 0.15) is 12.0 Å². The molecule has 0 fully saturated rings. The fourth-order valence-electron chi connectivity index (χ4n) is 2.00. The zero-order valence-electron chi connectivity index (χ0n) is 13.5. The Balaban J connectivity index is 1.68. The number of nitrogens with zero attached hydrogens (tertiary/aromatic N) is 1. The molecule has 2 N–H and O–H groups in total. The fraction of sp³-hybridized carbons (Fsp3) is 0.278. The molecular formula is C18H22N2O3. The highest BCUT2D eigenvalue weighted by Gasteiger charge is 2.09. The number of hydrogen-bond donors (Lipinski definition) is 2. The van der Waals surface area contributed by atoms with Gasteiger partial charge in [-0.3, -0.25) is 4.90 Å². The van der Waals surface area contributed by atoms with E-state index in [4.69, 9.17) is 4.74 Å². The summed E-state index contributed by atoms with van der Waals surface area (Å²) in [5, 5.41) is 12.1. The number of aryl methyl sites for hydroxylation is 1. The lowest BCUT2D eigenvalue weighted by molar-refractivity contribution is 0.245. The van der Waals surface area contributed by atoms with Gasteiger partial charge < -0.3 is 15.2 Å². The summed E-state index contributed by atoms with van der Waals surface area (Å²) < 4.78 is 5.61. The van der Waals surface area contributed by atoms with Gasteiger partial charge in [-0.05, 0) is 49.7 Å². The van der Waals surface area contributed by atoms with Gasteiger partial charge in [-0.15, -0.1) is 0 Å². The monoisotopic (exact) mass is 314 g/mol. The number of aromatic hydroxyl groups is 1. The van der Waals surface area contributed by atoms with E-state index < -0.39 is 0 Å². The van der Waals surface area contributed by atoms with Crippen LogP contribution in [0.5, 0.6) is 11.5 Å². The summed E-state index contributed by atoms with van der Waals surface area (Å²) in [6.07, 6.45) is 0.725. The SMILES string of the molecule is Cc1ccc(OCCCNC(=O)N(C)c2ccc(O)cc2)cc1. The molecule has 5 heteroatoms. The van der Waals surface area contributed by atoms with Crippen LogP contribution in [-0.4, -0.2) is 31.3 Å². The van der Waals surface area contributed by atoms with Crippen molar-refractivity contribution in [3.05, 3.63) is 54.1 Å². The molecule has 23 heavy (non-hydrogen) atoms. The topological polar surface area (TPSA) is 61.8 Å². The summed E-state index contributed by atoms with van der Waals surface area (Å²) in [5.74, 6) is 1.01. The van der Waals surface area contributed by atoms with Crippen molar-refractivity contribution in [2.24, 2.45) is 0 Å². The molecule has 0 unspecified atom stereocenters. The summed E-state index contributed by atoms with van der Waals surface area (Å²) in [6, 6.07) is 14.2. The number of nitrogens with one attached hydrogen (secondary N) is 1. The zero-order valence-corrected chi connectivity index (χ0v) is 13.5. The van der Waals surface area contributed by atoms with E-state index in [0.29, 0.717) is 13.2 Å². The van der Waals surface area contributed by atoms with Crippen molar-refractivity contribution in [3.63, 3.8) is 0 Å². The number of ether oxygens (including phenoxy) is 1. The summed E-state index contributed by atoms with van der Waals surface area (Å²) in [7, 11) is 1.69. The van der Waals surface area contributed by atoms with Crippen molar-refractivity contribution in [2.45, 2.75) is 13.3 Å². The van der Waals surface area contributed by atoms with Gasteiger partial charge in [0.05, 0.1) is 6.61 Å². The summed E-state index contributed by atoms with van der Waals surface area (Å²) >= 11 is 0. The number of anilines is 1. The molecule has 0 spiro atoms. The van der Waals surface area contributed by atoms with Crippen molar-refractivity contribution >= 4 is 11.7 Å². The van der Waals surface area contributed by atoms with E-state index in [9.17, 15) is 9.90 Å². The first-order chi connectivity index (χ1) is 11.1. The van der Waals surface area contributed by atoms with Gasteiger partial charge in [0, 0.05) is 19.3 Å². The Hall–Kier alpha value is -2.69. The van der Waals surface area contributed by atoms with Crippen molar-refractivity contribution in [1.82, 2.24) is 5.32 Å². The summed E-state index contributed by atoms with van der Waals surface area (Å²) in [4.78, 5) is 13.5. The van der Waals surface area contributed by atoms with Crippen molar-refractivity contribution < 1.29 is 14.6 Å². The zero-order chi connectivity index (χ0) is 16.7. The summed E-state index contributed by atoms with van der Waals surface area (Å²) in [5.41, 5.74) is 1.91. The van der Waals surface area contributed by atoms with Gasteiger partial charge in [-0.1, -0.05) is 17.7 Å². The highest BCUT2D eigenvalue weighted by atomic mass is 16.5. The van der Waals surface area contributed by atoms with Crippen molar-refractivity contribution in [3.8, 4) is 11.5 Å². The Kier molecular flexibility index (Phi) is 5.86. The molecule has 0 saturated heterocycles. The maximum Gasteiger partial charge on any atom is 0.321 e. The van der Waals surface area contributed by atoms with Crippen LogP contribution in [0.4, 0.5) is 10.5 Å². The Morgan fingerprint density at radius 3 is 2.43 bits per heavy atom. The molecule has 122 valence electrons. The normalized spacial score (nSPS) is 10.2. The molecule has 0 aliphatic rings. The van der Waals surface area contributed by atoms with E-state index in [0.717, 1.165) is 17.9 Å². The van der Waals surface area contributed by atoms with Crippen LogP contribution in [0.3, 0.4) is 0 Å². The Bertz CT molecular complexity index is 624. The standard InChI is InChI=1S/C18H22N2O3/c1-14-4-10-17(11-5-14)23-13-3-12-19-18(22)20(2)15-6-8-16(21)9-7-15/h4-11,21H,3,12-13H2,1-2H3,(H,19,22). The van der Waals surface area contributed by atoms with Gasteiger partial charge in [-0.2, -0.15) is 0 Å². The van der Waals surface area contributed by atoms with Crippen LogP contribution in [0.15, 0.2) is 48.5 Å². The van der Waals surface area contributed by atoms with E-state index >= 15 is 0 Å². The summed E-state index contributed by atoms with van der Waals surface area (Å²) in [6.45, 7) is 3.11. The Labute approximate surface area is 136 Å². The number of carbonyl (C=O) groups is 1. The molecule has 5 nitrogen and oxygen atoms in total. The predicted molar refractivity (Wildman–Crippen MR) is 91.2 cm³/mol. The molecule has 0 aliphatic heterocycles. The second-order valence-electron chi connectivity index (χ2n) is 5.32. The predicted octanol–water partition coefficient (Wildman–Crippen LogP) is 3.32. The first-order valence-corrected chi connectivity index (χ1v) is 7.56. The smallest absolute Gasteiger partial charge is 0.321 e. The Morgan fingerprint density at radius 1 is 1.13 bits per heavy atom. The van der Waals surface area contributed by atoms with Gasteiger partial charge in [-0.25, -0.2) is 4.79 Å². The van der Waals surface area contributed by atoms with Crippen LogP contribution in [0.25, 0.3) is 0 Å². The van der Waals surface area contributed by atoms with E-state index in [2.05, 4.69) is 5.32 Å². The molecule has 2 rings (SSSR count). The Morgan fingerprint density at radius 2 is 1.78 bits per heavy atom. The van der Waals surface area contributed by atoms with E-state index in [1.807, 2.05) is 31.2 Å². The maximum atomic E-state index is 12.0. The van der Waals surface area contributed by atoms with E-state index in [1.165, 1.54) is 10.5 Å². The fourth-order valence-corrected chi connectivity index (χ4v) is 2.00. The molecule has 0 bridgehead atoms. The average molecular weight is 314 g/mol. The first-order valence-electron chi connectivity index (χ1n) is 7.56. The minimum absolute atomic E-state index is 0.177. The number of carbonyl (C=O) groups excluding carboxylic acids is 1. The molecule has 2 aromatic rings. The second-order valence-corrected chi connectivity index (χ2v) is 5.32. The molecule has 0 aromatic heterocycles. The van der Waals surface area contributed by atoms with Crippen molar-refractivity contribution in [2.75, 3.05) is 25.1 Å². The van der Waals surface area contributed by atoms with Gasteiger partial charge in [0.1, 0.15) is 11.5 Å². The number of phenolic OH excluding ortho intramolecular Hbond substituents is 1. The third kappa shape index (κ3) is 5.21. The van der Waals surface area contributed by atoms with Crippen LogP contribution in [0, 0.1) is 6.92 Å². The van der Waals surface area contributed by atoms with Crippen LogP contribution in [-0.2, 0) is 0 Å². The largest absolute Gasteiger partial charge is 0.508 e. The molecule has 0 saturated carbocycles. The van der Waals surface area contributed by atoms with Crippen LogP contribution < -0.4 is 15.0 Å². The molecule has 2 amide bonds. The number of phenols is 1. The van der Waals surface area contributed by atoms with Gasteiger partial charge >= 0.3 is 6.03 Å². The minimum Gasteiger partial charge on any atom is -0.508 e. The highest BCUT2D eigenvalue weighted by Crippen LogP contribution is 2.17. The van der Waals surface area contributed by atoms with Gasteiger partial charge in [0.2, 0.25) is 0 Å². The number of hydrogen-bond acceptors (Lipinski definition) is 3. The lowest BCUT2D eigenvalue weighted by atomic mass is 10.2.